The first-order chi connectivity index (χ1) is 15.2. The highest BCUT2D eigenvalue weighted by Crippen LogP contribution is 2.21. The summed E-state index contributed by atoms with van der Waals surface area (Å²) < 4.78 is 13.3. The molecule has 174 valence electrons. The molecule has 2 aromatic heterocycles. The number of aromatic nitrogens is 3. The van der Waals surface area contributed by atoms with Crippen molar-refractivity contribution in [1.29, 1.82) is 0 Å². The van der Waals surface area contributed by atoms with E-state index in [-0.39, 0.29) is 24.0 Å². The molecule has 2 heterocycles. The van der Waals surface area contributed by atoms with E-state index in [0.717, 1.165) is 47.3 Å². The highest BCUT2D eigenvalue weighted by Gasteiger charge is 2.07. The van der Waals surface area contributed by atoms with E-state index in [9.17, 15) is 0 Å². The molecule has 0 atom stereocenters. The highest BCUT2D eigenvalue weighted by molar-refractivity contribution is 14.0. The Morgan fingerprint density at radius 1 is 1.09 bits per heavy atom. The maximum atomic E-state index is 5.93. The SMILES string of the molecule is CCNC(=NCc1ccc(C)cc1OCCOCC)NCCc1nnc2ccccn12.I. The highest BCUT2D eigenvalue weighted by atomic mass is 127. The minimum absolute atomic E-state index is 0. The van der Waals surface area contributed by atoms with Crippen LogP contribution in [-0.2, 0) is 17.7 Å². The fourth-order valence-electron chi connectivity index (χ4n) is 3.14. The first-order valence-electron chi connectivity index (χ1n) is 10.8. The Morgan fingerprint density at radius 3 is 2.78 bits per heavy atom. The van der Waals surface area contributed by atoms with Gasteiger partial charge in [-0.25, -0.2) is 4.99 Å². The smallest absolute Gasteiger partial charge is 0.191 e. The van der Waals surface area contributed by atoms with Crippen molar-refractivity contribution in [1.82, 2.24) is 25.2 Å². The zero-order valence-electron chi connectivity index (χ0n) is 19.0. The Hall–Kier alpha value is -2.40. The summed E-state index contributed by atoms with van der Waals surface area (Å²) in [6.07, 6.45) is 2.72. The normalized spacial score (nSPS) is 11.3. The van der Waals surface area contributed by atoms with Crippen molar-refractivity contribution in [3.05, 3.63) is 59.5 Å². The minimum Gasteiger partial charge on any atom is -0.491 e. The lowest BCUT2D eigenvalue weighted by Crippen LogP contribution is -2.38. The topological polar surface area (TPSA) is 85.1 Å². The molecule has 0 unspecified atom stereocenters. The molecule has 0 aliphatic carbocycles. The summed E-state index contributed by atoms with van der Waals surface area (Å²) in [6.45, 7) is 9.89. The predicted molar refractivity (Wildman–Crippen MR) is 138 cm³/mol. The number of halogens is 1. The van der Waals surface area contributed by atoms with Crippen LogP contribution in [0.15, 0.2) is 47.6 Å². The molecule has 0 saturated carbocycles. The summed E-state index contributed by atoms with van der Waals surface area (Å²) >= 11 is 0. The quantitative estimate of drug-likeness (QED) is 0.164. The van der Waals surface area contributed by atoms with E-state index in [1.54, 1.807) is 0 Å². The van der Waals surface area contributed by atoms with Crippen molar-refractivity contribution >= 4 is 35.6 Å². The second-order valence-electron chi connectivity index (χ2n) is 7.07. The summed E-state index contributed by atoms with van der Waals surface area (Å²) in [5, 5.41) is 15.2. The number of fused-ring (bicyclic) bond motifs is 1. The molecule has 0 spiro atoms. The van der Waals surface area contributed by atoms with Crippen molar-refractivity contribution in [3.8, 4) is 5.75 Å². The molecule has 0 amide bonds. The Labute approximate surface area is 206 Å². The molecule has 1 aromatic carbocycles. The lowest BCUT2D eigenvalue weighted by Gasteiger charge is -2.13. The van der Waals surface area contributed by atoms with Gasteiger partial charge in [-0.3, -0.25) is 4.40 Å². The van der Waals surface area contributed by atoms with Crippen LogP contribution in [0.4, 0.5) is 0 Å². The molecule has 0 aliphatic heterocycles. The van der Waals surface area contributed by atoms with Crippen LogP contribution in [0.25, 0.3) is 5.65 Å². The van der Waals surface area contributed by atoms with Crippen molar-refractivity contribution in [3.63, 3.8) is 0 Å². The van der Waals surface area contributed by atoms with Gasteiger partial charge in [0.15, 0.2) is 11.6 Å². The number of nitrogens with zero attached hydrogens (tertiary/aromatic N) is 4. The van der Waals surface area contributed by atoms with Crippen molar-refractivity contribution < 1.29 is 9.47 Å². The zero-order valence-corrected chi connectivity index (χ0v) is 21.3. The van der Waals surface area contributed by atoms with E-state index in [0.29, 0.717) is 32.9 Å². The second kappa shape index (κ2) is 13.9. The van der Waals surface area contributed by atoms with Crippen LogP contribution < -0.4 is 15.4 Å². The molecular formula is C23H33IN6O2. The van der Waals surface area contributed by atoms with E-state index in [2.05, 4.69) is 46.8 Å². The van der Waals surface area contributed by atoms with Gasteiger partial charge in [-0.2, -0.15) is 0 Å². The summed E-state index contributed by atoms with van der Waals surface area (Å²) in [5.41, 5.74) is 3.06. The van der Waals surface area contributed by atoms with E-state index < -0.39 is 0 Å². The zero-order chi connectivity index (χ0) is 21.9. The van der Waals surface area contributed by atoms with Gasteiger partial charge in [-0.15, -0.1) is 34.2 Å². The van der Waals surface area contributed by atoms with Crippen LogP contribution in [0.1, 0.15) is 30.8 Å². The number of ether oxygens (including phenoxy) is 2. The molecule has 0 radical (unpaired) electrons. The predicted octanol–water partition coefficient (Wildman–Crippen LogP) is 3.37. The van der Waals surface area contributed by atoms with Crippen LogP contribution in [-0.4, -0.2) is 53.5 Å². The molecule has 9 heteroatoms. The lowest BCUT2D eigenvalue weighted by molar-refractivity contribution is 0.110. The van der Waals surface area contributed by atoms with Crippen LogP contribution in [0.5, 0.6) is 5.75 Å². The third-order valence-corrected chi connectivity index (χ3v) is 4.69. The van der Waals surface area contributed by atoms with Crippen LogP contribution >= 0.6 is 24.0 Å². The second-order valence-corrected chi connectivity index (χ2v) is 7.07. The Morgan fingerprint density at radius 2 is 1.97 bits per heavy atom. The average Bonchev–Trinajstić information content (AvgIpc) is 3.19. The van der Waals surface area contributed by atoms with E-state index in [1.807, 2.05) is 41.8 Å². The number of benzene rings is 1. The van der Waals surface area contributed by atoms with Gasteiger partial charge >= 0.3 is 0 Å². The van der Waals surface area contributed by atoms with E-state index >= 15 is 0 Å². The van der Waals surface area contributed by atoms with Gasteiger partial charge in [-0.05, 0) is 44.5 Å². The van der Waals surface area contributed by atoms with Gasteiger partial charge in [0.25, 0.3) is 0 Å². The molecule has 3 rings (SSSR count). The molecule has 2 N–H and O–H groups in total. The number of pyridine rings is 1. The number of aliphatic imine (C=N–C) groups is 1. The Bertz CT molecular complexity index is 992. The van der Waals surface area contributed by atoms with Gasteiger partial charge in [0.2, 0.25) is 0 Å². The molecular weight excluding hydrogens is 519 g/mol. The fraction of sp³-hybridized carbons (Fsp3) is 0.435. The number of hydrogen-bond donors (Lipinski definition) is 2. The third kappa shape index (κ3) is 7.63. The number of aryl methyl sites for hydroxylation is 1. The molecule has 0 aliphatic rings. The molecule has 8 nitrogen and oxygen atoms in total. The van der Waals surface area contributed by atoms with Crippen molar-refractivity contribution in [2.45, 2.75) is 33.7 Å². The van der Waals surface area contributed by atoms with E-state index in [4.69, 9.17) is 14.5 Å². The van der Waals surface area contributed by atoms with Gasteiger partial charge in [-0.1, -0.05) is 18.2 Å². The Kier molecular flexibility index (Phi) is 11.2. The number of hydrogen-bond acceptors (Lipinski definition) is 5. The van der Waals surface area contributed by atoms with Crippen molar-refractivity contribution in [2.24, 2.45) is 4.99 Å². The first kappa shape index (κ1) is 25.9. The van der Waals surface area contributed by atoms with Crippen molar-refractivity contribution in [2.75, 3.05) is 32.9 Å². The number of rotatable bonds is 11. The lowest BCUT2D eigenvalue weighted by atomic mass is 10.1. The molecule has 0 fully saturated rings. The van der Waals surface area contributed by atoms with E-state index in [1.165, 1.54) is 0 Å². The van der Waals surface area contributed by atoms with Gasteiger partial charge in [0.1, 0.15) is 18.2 Å². The first-order valence-corrected chi connectivity index (χ1v) is 10.8. The van der Waals surface area contributed by atoms with Crippen LogP contribution in [0.3, 0.4) is 0 Å². The molecule has 32 heavy (non-hydrogen) atoms. The maximum Gasteiger partial charge on any atom is 0.191 e. The maximum absolute atomic E-state index is 5.93. The molecule has 3 aromatic rings. The minimum atomic E-state index is 0. The summed E-state index contributed by atoms with van der Waals surface area (Å²) in [6, 6.07) is 12.1. The molecule has 0 bridgehead atoms. The monoisotopic (exact) mass is 552 g/mol. The largest absolute Gasteiger partial charge is 0.491 e. The molecule has 0 saturated heterocycles. The number of nitrogens with one attached hydrogen (secondary N) is 2. The average molecular weight is 552 g/mol. The fourth-order valence-corrected chi connectivity index (χ4v) is 3.14. The van der Waals surface area contributed by atoms with Gasteiger partial charge < -0.3 is 20.1 Å². The number of guanidine groups is 1. The third-order valence-electron chi connectivity index (χ3n) is 4.69. The summed E-state index contributed by atoms with van der Waals surface area (Å²) in [4.78, 5) is 4.74. The summed E-state index contributed by atoms with van der Waals surface area (Å²) in [5.74, 6) is 2.54. The van der Waals surface area contributed by atoms with Crippen LogP contribution in [0.2, 0.25) is 0 Å². The standard InChI is InChI=1S/C23H32N6O2.HI/c1-4-24-23(25-12-11-22-28-27-21-8-6-7-13-29(21)22)26-17-19-10-9-18(3)16-20(19)31-15-14-30-5-2;/h6-10,13,16H,4-5,11-12,14-15,17H2,1-3H3,(H2,24,25,26);1H. The van der Waals surface area contributed by atoms with Gasteiger partial charge in [0, 0.05) is 37.9 Å². The van der Waals surface area contributed by atoms with Gasteiger partial charge in [0.05, 0.1) is 13.2 Å². The van der Waals surface area contributed by atoms with Crippen LogP contribution in [0, 0.1) is 6.92 Å². The summed E-state index contributed by atoms with van der Waals surface area (Å²) in [7, 11) is 0. The Balaban J connectivity index is 0.00000363.